The van der Waals surface area contributed by atoms with Crippen molar-refractivity contribution in [3.8, 4) is 0 Å². The molecule has 1 fully saturated rings. The molecule has 1 aromatic rings. The number of halogens is 2. The van der Waals surface area contributed by atoms with Gasteiger partial charge in [0.05, 0.1) is 11.6 Å². The lowest BCUT2D eigenvalue weighted by Crippen LogP contribution is -2.56. The van der Waals surface area contributed by atoms with Crippen LogP contribution in [-0.4, -0.2) is 55.0 Å². The van der Waals surface area contributed by atoms with Crippen LogP contribution in [0.3, 0.4) is 0 Å². The average molecular weight is 347 g/mol. The largest absolute Gasteiger partial charge is 0.332 e. The van der Waals surface area contributed by atoms with E-state index in [1.807, 2.05) is 11.9 Å². The molecule has 6 heteroatoms. The zero-order chi connectivity index (χ0) is 14.0. The van der Waals surface area contributed by atoms with Crippen LogP contribution in [0.1, 0.15) is 10.4 Å². The van der Waals surface area contributed by atoms with E-state index in [4.69, 9.17) is 17.3 Å². The fraction of sp³-hybridized carbons (Fsp3) is 0.462. The summed E-state index contributed by atoms with van der Waals surface area (Å²) in [6.45, 7) is 2.86. The highest BCUT2D eigenvalue weighted by Gasteiger charge is 2.29. The van der Waals surface area contributed by atoms with Gasteiger partial charge in [0.25, 0.3) is 5.91 Å². The van der Waals surface area contributed by atoms with Gasteiger partial charge in [0.1, 0.15) is 0 Å². The SMILES string of the molecule is CN1CCN(C(=O)c2ccc(Cl)cc2Br)C(CN)C1. The van der Waals surface area contributed by atoms with Crippen molar-refractivity contribution in [2.75, 3.05) is 33.2 Å². The number of hydrogen-bond donors (Lipinski definition) is 1. The summed E-state index contributed by atoms with van der Waals surface area (Å²) in [5.41, 5.74) is 6.41. The summed E-state index contributed by atoms with van der Waals surface area (Å²) in [7, 11) is 2.04. The van der Waals surface area contributed by atoms with E-state index in [2.05, 4.69) is 20.8 Å². The van der Waals surface area contributed by atoms with Gasteiger partial charge in [-0.05, 0) is 41.2 Å². The summed E-state index contributed by atoms with van der Waals surface area (Å²) in [6.07, 6.45) is 0. The highest BCUT2D eigenvalue weighted by molar-refractivity contribution is 9.10. The summed E-state index contributed by atoms with van der Waals surface area (Å²) in [5, 5.41) is 0.608. The standard InChI is InChI=1S/C13H17BrClN3O/c1-17-4-5-18(10(7-16)8-17)13(19)11-3-2-9(15)6-12(11)14/h2-3,6,10H,4-5,7-8,16H2,1H3. The molecule has 0 saturated carbocycles. The Morgan fingerprint density at radius 3 is 2.89 bits per heavy atom. The van der Waals surface area contributed by atoms with Crippen LogP contribution in [0.5, 0.6) is 0 Å². The topological polar surface area (TPSA) is 49.6 Å². The molecule has 0 radical (unpaired) electrons. The number of likely N-dealkylation sites (N-methyl/N-ethyl adjacent to an activating group) is 1. The predicted molar refractivity (Wildman–Crippen MR) is 80.5 cm³/mol. The van der Waals surface area contributed by atoms with E-state index in [9.17, 15) is 4.79 Å². The Morgan fingerprint density at radius 1 is 1.53 bits per heavy atom. The van der Waals surface area contributed by atoms with Crippen LogP contribution in [0.25, 0.3) is 0 Å². The minimum Gasteiger partial charge on any atom is -0.332 e. The second kappa shape index (κ2) is 6.22. The molecule has 1 atom stereocenters. The third-order valence-corrected chi connectivity index (χ3v) is 4.27. The summed E-state index contributed by atoms with van der Waals surface area (Å²) in [4.78, 5) is 16.6. The van der Waals surface area contributed by atoms with Crippen LogP contribution in [0.4, 0.5) is 0 Å². The highest BCUT2D eigenvalue weighted by Crippen LogP contribution is 2.24. The third kappa shape index (κ3) is 3.28. The smallest absolute Gasteiger partial charge is 0.255 e. The molecular formula is C13H17BrClN3O. The minimum atomic E-state index is 0.00657. The molecule has 0 bridgehead atoms. The maximum Gasteiger partial charge on any atom is 0.255 e. The molecule has 4 nitrogen and oxygen atoms in total. The Hall–Kier alpha value is -0.620. The molecule has 104 valence electrons. The van der Waals surface area contributed by atoms with Crippen LogP contribution < -0.4 is 5.73 Å². The Kier molecular flexibility index (Phi) is 4.84. The number of nitrogens with two attached hydrogens (primary N) is 1. The van der Waals surface area contributed by atoms with Gasteiger partial charge in [-0.1, -0.05) is 11.6 Å². The molecule has 1 amide bonds. The van der Waals surface area contributed by atoms with Crippen molar-refractivity contribution in [1.82, 2.24) is 9.80 Å². The van der Waals surface area contributed by atoms with Crippen molar-refractivity contribution in [2.45, 2.75) is 6.04 Å². The van der Waals surface area contributed by atoms with E-state index < -0.39 is 0 Å². The van der Waals surface area contributed by atoms with Crippen LogP contribution in [0, 0.1) is 0 Å². The van der Waals surface area contributed by atoms with Gasteiger partial charge in [-0.15, -0.1) is 0 Å². The molecule has 1 aliphatic heterocycles. The molecule has 2 N–H and O–H groups in total. The van der Waals surface area contributed by atoms with E-state index in [0.29, 0.717) is 23.7 Å². The van der Waals surface area contributed by atoms with E-state index in [-0.39, 0.29) is 11.9 Å². The first-order valence-corrected chi connectivity index (χ1v) is 7.34. The van der Waals surface area contributed by atoms with Crippen molar-refractivity contribution < 1.29 is 4.79 Å². The molecule has 0 aliphatic carbocycles. The van der Waals surface area contributed by atoms with Crippen LogP contribution in [-0.2, 0) is 0 Å². The van der Waals surface area contributed by atoms with Gasteiger partial charge in [-0.25, -0.2) is 0 Å². The van der Waals surface area contributed by atoms with Gasteiger partial charge in [-0.3, -0.25) is 4.79 Å². The van der Waals surface area contributed by atoms with E-state index in [0.717, 1.165) is 17.6 Å². The Balaban J connectivity index is 2.22. The molecule has 1 unspecified atom stereocenters. The van der Waals surface area contributed by atoms with Crippen molar-refractivity contribution >= 4 is 33.4 Å². The zero-order valence-electron chi connectivity index (χ0n) is 10.8. The lowest BCUT2D eigenvalue weighted by Gasteiger charge is -2.39. The Labute approximate surface area is 126 Å². The molecule has 1 aromatic carbocycles. The number of piperazine rings is 1. The number of carbonyl (C=O) groups excluding carboxylic acids is 1. The predicted octanol–water partition coefficient (Wildman–Crippen LogP) is 1.82. The molecular weight excluding hydrogens is 330 g/mol. The number of benzene rings is 1. The average Bonchev–Trinajstić information content (AvgIpc) is 2.37. The molecule has 0 aromatic heterocycles. The van der Waals surface area contributed by atoms with Crippen molar-refractivity contribution in [3.63, 3.8) is 0 Å². The Bertz CT molecular complexity index is 483. The van der Waals surface area contributed by atoms with Gasteiger partial charge >= 0.3 is 0 Å². The van der Waals surface area contributed by atoms with Crippen LogP contribution in [0.2, 0.25) is 5.02 Å². The number of carbonyl (C=O) groups is 1. The monoisotopic (exact) mass is 345 g/mol. The first-order valence-electron chi connectivity index (χ1n) is 6.17. The quantitative estimate of drug-likeness (QED) is 0.888. The highest BCUT2D eigenvalue weighted by atomic mass is 79.9. The Morgan fingerprint density at radius 2 is 2.26 bits per heavy atom. The van der Waals surface area contributed by atoms with Crippen molar-refractivity contribution in [3.05, 3.63) is 33.3 Å². The fourth-order valence-electron chi connectivity index (χ4n) is 2.30. The van der Waals surface area contributed by atoms with Gasteiger partial charge in [0.15, 0.2) is 0 Å². The van der Waals surface area contributed by atoms with Gasteiger partial charge in [0.2, 0.25) is 0 Å². The summed E-state index contributed by atoms with van der Waals surface area (Å²) >= 11 is 9.30. The fourth-order valence-corrected chi connectivity index (χ4v) is 3.15. The molecule has 0 spiro atoms. The zero-order valence-corrected chi connectivity index (χ0v) is 13.1. The van der Waals surface area contributed by atoms with Gasteiger partial charge in [-0.2, -0.15) is 0 Å². The molecule has 19 heavy (non-hydrogen) atoms. The molecule has 1 aliphatic rings. The number of hydrogen-bond acceptors (Lipinski definition) is 3. The second-order valence-electron chi connectivity index (χ2n) is 4.77. The van der Waals surface area contributed by atoms with E-state index in [1.54, 1.807) is 18.2 Å². The summed E-state index contributed by atoms with van der Waals surface area (Å²) < 4.78 is 0.722. The number of rotatable bonds is 2. The maximum absolute atomic E-state index is 12.6. The van der Waals surface area contributed by atoms with E-state index in [1.165, 1.54) is 0 Å². The van der Waals surface area contributed by atoms with Crippen LogP contribution in [0.15, 0.2) is 22.7 Å². The molecule has 2 rings (SSSR count). The number of amides is 1. The summed E-state index contributed by atoms with van der Waals surface area (Å²) in [6, 6.07) is 5.28. The first-order chi connectivity index (χ1) is 9.02. The van der Waals surface area contributed by atoms with Gasteiger partial charge in [0, 0.05) is 35.7 Å². The lowest BCUT2D eigenvalue weighted by molar-refractivity contribution is 0.0515. The van der Waals surface area contributed by atoms with Gasteiger partial charge < -0.3 is 15.5 Å². The third-order valence-electron chi connectivity index (χ3n) is 3.38. The van der Waals surface area contributed by atoms with Crippen molar-refractivity contribution in [1.29, 1.82) is 0 Å². The minimum absolute atomic E-state index is 0.00657. The normalized spacial score (nSPS) is 20.6. The van der Waals surface area contributed by atoms with Crippen molar-refractivity contribution in [2.24, 2.45) is 5.73 Å². The first kappa shape index (κ1) is 14.8. The maximum atomic E-state index is 12.6. The summed E-state index contributed by atoms with van der Waals surface area (Å²) in [5.74, 6) is 0.00657. The second-order valence-corrected chi connectivity index (χ2v) is 6.07. The number of nitrogens with zero attached hydrogens (tertiary/aromatic N) is 2. The molecule has 1 saturated heterocycles. The lowest BCUT2D eigenvalue weighted by atomic mass is 10.1. The molecule has 1 heterocycles. The van der Waals surface area contributed by atoms with Crippen LogP contribution >= 0.6 is 27.5 Å². The van der Waals surface area contributed by atoms with E-state index >= 15 is 0 Å².